The van der Waals surface area contributed by atoms with E-state index >= 15 is 0 Å². The van der Waals surface area contributed by atoms with E-state index < -0.39 is 11.6 Å². The molecule has 0 aliphatic heterocycles. The van der Waals surface area contributed by atoms with Crippen LogP contribution in [0.5, 0.6) is 11.5 Å². The number of hydrogen-bond donors (Lipinski definition) is 0. The highest BCUT2D eigenvalue weighted by Gasteiger charge is 2.15. The number of aromatic nitrogens is 3. The van der Waals surface area contributed by atoms with Gasteiger partial charge in [-0.2, -0.15) is 5.26 Å². The predicted octanol–water partition coefficient (Wildman–Crippen LogP) is 6.33. The fourth-order valence-electron chi connectivity index (χ4n) is 3.94. The molecule has 2 heterocycles. The van der Waals surface area contributed by atoms with Crippen molar-refractivity contribution in [1.29, 1.82) is 5.26 Å². The van der Waals surface area contributed by atoms with Crippen LogP contribution < -0.4 is 9.47 Å². The Morgan fingerprint density at radius 2 is 1.73 bits per heavy atom. The minimum Gasteiger partial charge on any atom is -0.493 e. The number of benzene rings is 3. The zero-order valence-electron chi connectivity index (χ0n) is 19.7. The number of nitrogens with zero attached hydrogens (tertiary/aromatic N) is 4. The van der Waals surface area contributed by atoms with E-state index in [1.165, 1.54) is 31.5 Å². The van der Waals surface area contributed by atoms with Crippen LogP contribution in [0.2, 0.25) is 0 Å². The monoisotopic (exact) mass is 494 g/mol. The van der Waals surface area contributed by atoms with Crippen molar-refractivity contribution in [2.24, 2.45) is 0 Å². The highest BCUT2D eigenvalue weighted by Crippen LogP contribution is 2.34. The van der Waals surface area contributed by atoms with Gasteiger partial charge in [-0.1, -0.05) is 30.3 Å². The summed E-state index contributed by atoms with van der Waals surface area (Å²) in [6.07, 6.45) is 5.09. The van der Waals surface area contributed by atoms with Crippen LogP contribution >= 0.6 is 0 Å². The maximum Gasteiger partial charge on any atom is 0.168 e. The lowest BCUT2D eigenvalue weighted by Gasteiger charge is -2.14. The Morgan fingerprint density at radius 1 is 0.946 bits per heavy atom. The van der Waals surface area contributed by atoms with Crippen molar-refractivity contribution >= 4 is 23.2 Å². The van der Waals surface area contributed by atoms with Gasteiger partial charge in [0, 0.05) is 11.8 Å². The molecule has 0 atom stereocenters. The molecule has 0 saturated carbocycles. The van der Waals surface area contributed by atoms with Gasteiger partial charge in [-0.25, -0.2) is 18.7 Å². The Morgan fingerprint density at radius 3 is 2.46 bits per heavy atom. The van der Waals surface area contributed by atoms with Crippen LogP contribution in [0, 0.1) is 23.0 Å². The quantitative estimate of drug-likeness (QED) is 0.264. The maximum atomic E-state index is 14.2. The highest BCUT2D eigenvalue weighted by molar-refractivity contribution is 5.82. The van der Waals surface area contributed by atoms with Crippen LogP contribution in [0.25, 0.3) is 29.0 Å². The van der Waals surface area contributed by atoms with Crippen LogP contribution in [-0.4, -0.2) is 21.6 Å². The molecule has 0 amide bonds. The summed E-state index contributed by atoms with van der Waals surface area (Å²) < 4.78 is 41.5. The SMILES string of the molecule is COc1cccc(/C=C/c2nc3ccccc3n2-c2ccc(C#N)cn2)c1OCc1c(F)cccc1F. The number of ether oxygens (including phenoxy) is 2. The third-order valence-corrected chi connectivity index (χ3v) is 5.76. The predicted molar refractivity (Wildman–Crippen MR) is 136 cm³/mol. The fourth-order valence-corrected chi connectivity index (χ4v) is 3.94. The van der Waals surface area contributed by atoms with E-state index in [9.17, 15) is 8.78 Å². The Kier molecular flexibility index (Phi) is 6.60. The molecule has 0 spiro atoms. The number of nitriles is 1. The third kappa shape index (κ3) is 4.75. The van der Waals surface area contributed by atoms with Gasteiger partial charge in [0.15, 0.2) is 11.5 Å². The number of imidazole rings is 1. The van der Waals surface area contributed by atoms with E-state index in [1.807, 2.05) is 28.8 Å². The zero-order chi connectivity index (χ0) is 25.8. The summed E-state index contributed by atoms with van der Waals surface area (Å²) in [5.41, 5.74) is 2.52. The molecule has 0 saturated heterocycles. The standard InChI is InChI=1S/C29H20F2N4O2/c1-36-26-11-4-6-20(29(26)37-18-21-22(30)7-5-8-23(21)31)13-15-28-34-24-9-2-3-10-25(24)35(28)27-14-12-19(16-32)17-33-27/h2-15,17H,18H2,1H3/b15-13+. The number of hydrogen-bond acceptors (Lipinski definition) is 5. The molecular weight excluding hydrogens is 474 g/mol. The molecule has 8 heteroatoms. The molecule has 37 heavy (non-hydrogen) atoms. The van der Waals surface area contributed by atoms with Crippen LogP contribution in [0.1, 0.15) is 22.5 Å². The number of pyridine rings is 1. The van der Waals surface area contributed by atoms with Crippen molar-refractivity contribution < 1.29 is 18.3 Å². The van der Waals surface area contributed by atoms with Crippen molar-refractivity contribution in [2.75, 3.05) is 7.11 Å². The first kappa shape index (κ1) is 23.7. The maximum absolute atomic E-state index is 14.2. The minimum atomic E-state index is -0.685. The van der Waals surface area contributed by atoms with Gasteiger partial charge in [0.25, 0.3) is 0 Å². The lowest BCUT2D eigenvalue weighted by molar-refractivity contribution is 0.273. The van der Waals surface area contributed by atoms with Crippen LogP contribution in [0.15, 0.2) is 79.0 Å². The molecular formula is C29H20F2N4O2. The number of fused-ring (bicyclic) bond motifs is 1. The fraction of sp³-hybridized carbons (Fsp3) is 0.0690. The summed E-state index contributed by atoms with van der Waals surface area (Å²) in [6.45, 7) is -0.312. The van der Waals surface area contributed by atoms with Gasteiger partial charge in [0.2, 0.25) is 0 Å². The average molecular weight is 495 g/mol. The molecule has 182 valence electrons. The molecule has 0 N–H and O–H groups in total. The van der Waals surface area contributed by atoms with Crippen LogP contribution in [0.3, 0.4) is 0 Å². The van der Waals surface area contributed by atoms with Crippen molar-refractivity contribution in [2.45, 2.75) is 6.61 Å². The summed E-state index contributed by atoms with van der Waals surface area (Å²) in [7, 11) is 1.50. The molecule has 5 rings (SSSR count). The van der Waals surface area contributed by atoms with Gasteiger partial charge in [0.1, 0.15) is 36.0 Å². The Bertz CT molecular complexity index is 1630. The first-order chi connectivity index (χ1) is 18.1. The first-order valence-corrected chi connectivity index (χ1v) is 11.3. The van der Waals surface area contributed by atoms with Crippen molar-refractivity contribution in [3.05, 3.63) is 113 Å². The van der Waals surface area contributed by atoms with Gasteiger partial charge in [-0.3, -0.25) is 4.57 Å². The van der Waals surface area contributed by atoms with Crippen molar-refractivity contribution in [1.82, 2.24) is 14.5 Å². The second-order valence-corrected chi connectivity index (χ2v) is 8.01. The van der Waals surface area contributed by atoms with E-state index in [0.717, 1.165) is 11.0 Å². The number of para-hydroxylation sites is 3. The molecule has 3 aromatic carbocycles. The molecule has 0 bridgehead atoms. The van der Waals surface area contributed by atoms with Gasteiger partial charge >= 0.3 is 0 Å². The van der Waals surface area contributed by atoms with Gasteiger partial charge < -0.3 is 9.47 Å². The lowest BCUT2D eigenvalue weighted by Crippen LogP contribution is -2.04. The number of methoxy groups -OCH3 is 1. The largest absolute Gasteiger partial charge is 0.493 e. The highest BCUT2D eigenvalue weighted by atomic mass is 19.1. The third-order valence-electron chi connectivity index (χ3n) is 5.76. The minimum absolute atomic E-state index is 0.169. The van der Waals surface area contributed by atoms with Crippen molar-refractivity contribution in [3.63, 3.8) is 0 Å². The molecule has 2 aromatic heterocycles. The van der Waals surface area contributed by atoms with E-state index in [2.05, 4.69) is 11.1 Å². The molecule has 0 radical (unpaired) electrons. The summed E-state index contributed by atoms with van der Waals surface area (Å²) in [5.74, 6) is 0.576. The lowest BCUT2D eigenvalue weighted by atomic mass is 10.1. The Labute approximate surface area is 211 Å². The van der Waals surface area contributed by atoms with E-state index in [4.69, 9.17) is 19.7 Å². The Balaban J connectivity index is 1.54. The summed E-state index contributed by atoms with van der Waals surface area (Å²) in [6, 6.07) is 22.1. The van der Waals surface area contributed by atoms with Gasteiger partial charge in [0.05, 0.1) is 29.3 Å². The molecule has 5 aromatic rings. The number of halogens is 2. The van der Waals surface area contributed by atoms with Crippen LogP contribution in [-0.2, 0) is 6.61 Å². The number of rotatable bonds is 7. The van der Waals surface area contributed by atoms with Gasteiger partial charge in [-0.05, 0) is 54.6 Å². The topological polar surface area (TPSA) is 73.0 Å². The van der Waals surface area contributed by atoms with Crippen molar-refractivity contribution in [3.8, 4) is 23.4 Å². The van der Waals surface area contributed by atoms with E-state index in [1.54, 1.807) is 42.5 Å². The molecule has 0 fully saturated rings. The average Bonchev–Trinajstić information content (AvgIpc) is 3.30. The first-order valence-electron chi connectivity index (χ1n) is 11.3. The molecule has 0 aliphatic carbocycles. The summed E-state index contributed by atoms with van der Waals surface area (Å²) in [5, 5.41) is 9.13. The Hall–Kier alpha value is -5.03. The second kappa shape index (κ2) is 10.3. The summed E-state index contributed by atoms with van der Waals surface area (Å²) >= 11 is 0. The second-order valence-electron chi connectivity index (χ2n) is 8.01. The smallest absolute Gasteiger partial charge is 0.168 e. The molecule has 0 unspecified atom stereocenters. The van der Waals surface area contributed by atoms with E-state index in [0.29, 0.717) is 34.3 Å². The zero-order valence-corrected chi connectivity index (χ0v) is 19.7. The van der Waals surface area contributed by atoms with Crippen LogP contribution in [0.4, 0.5) is 8.78 Å². The molecule has 6 nitrogen and oxygen atoms in total. The summed E-state index contributed by atoms with van der Waals surface area (Å²) in [4.78, 5) is 9.17. The van der Waals surface area contributed by atoms with E-state index in [-0.39, 0.29) is 12.2 Å². The van der Waals surface area contributed by atoms with Gasteiger partial charge in [-0.15, -0.1) is 0 Å². The molecule has 0 aliphatic rings. The normalized spacial score (nSPS) is 11.1.